The summed E-state index contributed by atoms with van der Waals surface area (Å²) in [7, 11) is 0. The van der Waals surface area contributed by atoms with E-state index in [1.54, 1.807) is 11.3 Å². The molecule has 19 heavy (non-hydrogen) atoms. The first kappa shape index (κ1) is 14.9. The molecule has 0 atom stereocenters. The molecule has 0 aromatic carbocycles. The quantitative estimate of drug-likeness (QED) is 0.783. The number of aryl methyl sites for hydroxylation is 1. The molecule has 0 N–H and O–H groups in total. The predicted molar refractivity (Wildman–Crippen MR) is 81.9 cm³/mol. The van der Waals surface area contributed by atoms with Crippen LogP contribution in [0.25, 0.3) is 0 Å². The largest absolute Gasteiger partial charge is 0.340 e. The maximum atomic E-state index is 12.4. The fraction of sp³-hybridized carbons (Fsp3) is 0.667. The van der Waals surface area contributed by atoms with Gasteiger partial charge in [-0.3, -0.25) is 4.79 Å². The van der Waals surface area contributed by atoms with Crippen LogP contribution in [0.15, 0.2) is 12.1 Å². The van der Waals surface area contributed by atoms with Crippen LogP contribution in [0.3, 0.4) is 0 Å². The normalized spacial score (nSPS) is 16.5. The average molecular weight is 300 g/mol. The monoisotopic (exact) mass is 299 g/mol. The molecule has 0 aliphatic heterocycles. The summed E-state index contributed by atoms with van der Waals surface area (Å²) in [6.07, 6.45) is 7.68. The zero-order valence-corrected chi connectivity index (χ0v) is 13.1. The fourth-order valence-corrected chi connectivity index (χ4v) is 3.98. The van der Waals surface area contributed by atoms with Gasteiger partial charge in [-0.1, -0.05) is 30.9 Å². The van der Waals surface area contributed by atoms with Crippen LogP contribution >= 0.6 is 22.9 Å². The first-order chi connectivity index (χ1) is 9.20. The molecule has 0 radical (unpaired) electrons. The van der Waals surface area contributed by atoms with E-state index >= 15 is 0 Å². The summed E-state index contributed by atoms with van der Waals surface area (Å²) in [6.45, 7) is 2.93. The number of amides is 1. The van der Waals surface area contributed by atoms with Gasteiger partial charge in [0.2, 0.25) is 5.91 Å². The van der Waals surface area contributed by atoms with Crippen molar-refractivity contribution in [1.82, 2.24) is 4.90 Å². The van der Waals surface area contributed by atoms with E-state index in [2.05, 4.69) is 11.8 Å². The Balaban J connectivity index is 1.85. The summed E-state index contributed by atoms with van der Waals surface area (Å²) in [5.41, 5.74) is 0. The van der Waals surface area contributed by atoms with Gasteiger partial charge >= 0.3 is 0 Å². The lowest BCUT2D eigenvalue weighted by molar-refractivity contribution is -0.133. The maximum absolute atomic E-state index is 12.4. The van der Waals surface area contributed by atoms with E-state index < -0.39 is 0 Å². The molecule has 4 heteroatoms. The van der Waals surface area contributed by atoms with Crippen molar-refractivity contribution < 1.29 is 4.79 Å². The SMILES string of the molecule is CCN(C(=O)CCc1ccc(Cl)s1)C1CCCCC1. The second kappa shape index (κ2) is 7.30. The number of halogens is 1. The number of nitrogens with zero attached hydrogens (tertiary/aromatic N) is 1. The molecule has 106 valence electrons. The minimum Gasteiger partial charge on any atom is -0.340 e. The van der Waals surface area contributed by atoms with Crippen LogP contribution in [0.2, 0.25) is 4.34 Å². The van der Waals surface area contributed by atoms with Crippen molar-refractivity contribution in [2.75, 3.05) is 6.54 Å². The standard InChI is InChI=1S/C15H22ClNOS/c1-2-17(12-6-4-3-5-7-12)15(18)11-9-13-8-10-14(16)19-13/h8,10,12H,2-7,9,11H2,1H3. The smallest absolute Gasteiger partial charge is 0.223 e. The van der Waals surface area contributed by atoms with Crippen LogP contribution in [0.5, 0.6) is 0 Å². The number of thiophene rings is 1. The summed E-state index contributed by atoms with van der Waals surface area (Å²) < 4.78 is 0.807. The highest BCUT2D eigenvalue weighted by atomic mass is 35.5. The van der Waals surface area contributed by atoms with E-state index in [1.807, 2.05) is 12.1 Å². The number of carbonyl (C=O) groups is 1. The Kier molecular flexibility index (Phi) is 5.71. The van der Waals surface area contributed by atoms with E-state index in [9.17, 15) is 4.79 Å². The zero-order chi connectivity index (χ0) is 13.7. The maximum Gasteiger partial charge on any atom is 0.223 e. The Morgan fingerprint density at radius 2 is 2.11 bits per heavy atom. The molecule has 1 aromatic rings. The van der Waals surface area contributed by atoms with Crippen molar-refractivity contribution in [2.45, 2.75) is 57.9 Å². The summed E-state index contributed by atoms with van der Waals surface area (Å²) in [5.74, 6) is 0.305. The fourth-order valence-electron chi connectivity index (χ4n) is 2.89. The number of carbonyl (C=O) groups excluding carboxylic acids is 1. The highest BCUT2D eigenvalue weighted by Crippen LogP contribution is 2.25. The molecule has 0 saturated heterocycles. The molecule has 1 aromatic heterocycles. The van der Waals surface area contributed by atoms with Crippen LogP contribution in [0, 0.1) is 0 Å². The average Bonchev–Trinajstić information content (AvgIpc) is 2.84. The van der Waals surface area contributed by atoms with E-state index in [-0.39, 0.29) is 0 Å². The number of hydrogen-bond donors (Lipinski definition) is 0. The van der Waals surface area contributed by atoms with Crippen LogP contribution in [-0.2, 0) is 11.2 Å². The van der Waals surface area contributed by atoms with E-state index in [0.29, 0.717) is 18.4 Å². The summed E-state index contributed by atoms with van der Waals surface area (Å²) >= 11 is 7.49. The Morgan fingerprint density at radius 1 is 1.37 bits per heavy atom. The lowest BCUT2D eigenvalue weighted by Gasteiger charge is -2.33. The summed E-state index contributed by atoms with van der Waals surface area (Å²) in [4.78, 5) is 15.6. The van der Waals surface area contributed by atoms with E-state index in [4.69, 9.17) is 11.6 Å². The van der Waals surface area contributed by atoms with Crippen molar-refractivity contribution in [3.05, 3.63) is 21.3 Å². The van der Waals surface area contributed by atoms with Gasteiger partial charge < -0.3 is 4.90 Å². The lowest BCUT2D eigenvalue weighted by Crippen LogP contribution is -2.41. The molecule has 1 amide bonds. The Labute approximate surface area is 124 Å². The van der Waals surface area contributed by atoms with Crippen molar-refractivity contribution in [2.24, 2.45) is 0 Å². The Hall–Kier alpha value is -0.540. The molecular weight excluding hydrogens is 278 g/mol. The summed E-state index contributed by atoms with van der Waals surface area (Å²) in [6, 6.07) is 4.42. The van der Waals surface area contributed by atoms with Gasteiger partial charge in [-0.15, -0.1) is 11.3 Å². The van der Waals surface area contributed by atoms with Gasteiger partial charge in [0.15, 0.2) is 0 Å². The van der Waals surface area contributed by atoms with Crippen molar-refractivity contribution >= 4 is 28.8 Å². The third-order valence-corrected chi connectivity index (χ3v) is 5.18. The summed E-state index contributed by atoms with van der Waals surface area (Å²) in [5, 5.41) is 0. The molecular formula is C15H22ClNOS. The van der Waals surface area contributed by atoms with Crippen molar-refractivity contribution in [3.63, 3.8) is 0 Å². The minimum absolute atomic E-state index is 0.305. The van der Waals surface area contributed by atoms with Gasteiger partial charge in [0.05, 0.1) is 4.34 Å². The number of hydrogen-bond acceptors (Lipinski definition) is 2. The third-order valence-electron chi connectivity index (χ3n) is 3.89. The predicted octanol–water partition coefficient (Wildman–Crippen LogP) is 4.52. The number of rotatable bonds is 5. The first-order valence-electron chi connectivity index (χ1n) is 7.24. The second-order valence-electron chi connectivity index (χ2n) is 5.18. The van der Waals surface area contributed by atoms with Gasteiger partial charge in [-0.05, 0) is 38.3 Å². The van der Waals surface area contributed by atoms with Gasteiger partial charge in [0.1, 0.15) is 0 Å². The Bertz CT molecular complexity index is 412. The van der Waals surface area contributed by atoms with Crippen molar-refractivity contribution in [3.8, 4) is 0 Å². The van der Waals surface area contributed by atoms with Crippen LogP contribution in [-0.4, -0.2) is 23.4 Å². The van der Waals surface area contributed by atoms with Crippen LogP contribution in [0.1, 0.15) is 50.3 Å². The van der Waals surface area contributed by atoms with Gasteiger partial charge in [-0.2, -0.15) is 0 Å². The van der Waals surface area contributed by atoms with E-state index in [1.165, 1.54) is 37.0 Å². The molecule has 1 fully saturated rings. The minimum atomic E-state index is 0.305. The third kappa shape index (κ3) is 4.22. The molecule has 0 spiro atoms. The van der Waals surface area contributed by atoms with E-state index in [0.717, 1.165) is 17.3 Å². The van der Waals surface area contributed by atoms with Crippen LogP contribution < -0.4 is 0 Å². The zero-order valence-electron chi connectivity index (χ0n) is 11.5. The van der Waals surface area contributed by atoms with Gasteiger partial charge in [0.25, 0.3) is 0 Å². The Morgan fingerprint density at radius 3 is 2.68 bits per heavy atom. The lowest BCUT2D eigenvalue weighted by atomic mass is 9.94. The molecule has 0 bridgehead atoms. The first-order valence-corrected chi connectivity index (χ1v) is 8.44. The molecule has 1 aliphatic rings. The van der Waals surface area contributed by atoms with Gasteiger partial charge in [0, 0.05) is 23.9 Å². The highest BCUT2D eigenvalue weighted by molar-refractivity contribution is 7.16. The molecule has 1 aliphatic carbocycles. The molecule has 1 saturated carbocycles. The molecule has 0 unspecified atom stereocenters. The highest BCUT2D eigenvalue weighted by Gasteiger charge is 2.23. The topological polar surface area (TPSA) is 20.3 Å². The van der Waals surface area contributed by atoms with Crippen LogP contribution in [0.4, 0.5) is 0 Å². The van der Waals surface area contributed by atoms with Crippen molar-refractivity contribution in [1.29, 1.82) is 0 Å². The molecule has 1 heterocycles. The molecule has 2 rings (SSSR count). The molecule has 2 nitrogen and oxygen atoms in total. The second-order valence-corrected chi connectivity index (χ2v) is 6.98. The van der Waals surface area contributed by atoms with Gasteiger partial charge in [-0.25, -0.2) is 0 Å².